The molecule has 0 aromatic carbocycles. The van der Waals surface area contributed by atoms with Gasteiger partial charge >= 0.3 is 12.0 Å². The third-order valence-electron chi connectivity index (χ3n) is 4.51. The van der Waals surface area contributed by atoms with Crippen LogP contribution >= 0.6 is 0 Å². The second-order valence-corrected chi connectivity index (χ2v) is 7.07. The van der Waals surface area contributed by atoms with Gasteiger partial charge in [-0.05, 0) is 18.8 Å². The number of amides is 5. The predicted molar refractivity (Wildman–Crippen MR) is 89.5 cm³/mol. The van der Waals surface area contributed by atoms with Crippen LogP contribution in [0.25, 0.3) is 0 Å². The molecule has 2 fully saturated rings. The molecular formula is C17H25N3O6. The predicted octanol–water partition coefficient (Wildman–Crippen LogP) is 0.187. The van der Waals surface area contributed by atoms with E-state index < -0.39 is 31.1 Å². The van der Waals surface area contributed by atoms with Crippen molar-refractivity contribution in [3.63, 3.8) is 0 Å². The van der Waals surface area contributed by atoms with Gasteiger partial charge in [0.15, 0.2) is 6.61 Å². The van der Waals surface area contributed by atoms with Crippen molar-refractivity contribution < 1.29 is 28.7 Å². The van der Waals surface area contributed by atoms with Gasteiger partial charge in [0.25, 0.3) is 5.91 Å². The minimum absolute atomic E-state index is 0.230. The lowest BCUT2D eigenvalue weighted by Gasteiger charge is -2.19. The first-order valence-corrected chi connectivity index (χ1v) is 8.88. The van der Waals surface area contributed by atoms with Crippen molar-refractivity contribution in [1.82, 2.24) is 15.5 Å². The zero-order valence-corrected chi connectivity index (χ0v) is 15.1. The molecule has 2 atom stereocenters. The Morgan fingerprint density at radius 2 is 1.69 bits per heavy atom. The summed E-state index contributed by atoms with van der Waals surface area (Å²) in [6.07, 6.45) is 3.12. The first-order valence-electron chi connectivity index (χ1n) is 8.88. The Kier molecular flexibility index (Phi) is 6.70. The summed E-state index contributed by atoms with van der Waals surface area (Å²) in [6.45, 7) is 3.05. The molecule has 1 aliphatic carbocycles. The summed E-state index contributed by atoms with van der Waals surface area (Å²) in [7, 11) is 0. The van der Waals surface area contributed by atoms with Gasteiger partial charge in [0, 0.05) is 6.54 Å². The summed E-state index contributed by atoms with van der Waals surface area (Å²) in [5, 5.41) is 4.52. The van der Waals surface area contributed by atoms with E-state index in [4.69, 9.17) is 4.74 Å². The molecule has 1 heterocycles. The van der Waals surface area contributed by atoms with E-state index in [9.17, 15) is 24.0 Å². The number of rotatable bonds is 6. The molecule has 0 aromatic rings. The van der Waals surface area contributed by atoms with Crippen molar-refractivity contribution >= 4 is 29.7 Å². The number of nitrogens with zero attached hydrogens (tertiary/aromatic N) is 1. The number of hydrogen-bond acceptors (Lipinski definition) is 6. The molecule has 0 aromatic heterocycles. The number of urea groups is 1. The van der Waals surface area contributed by atoms with Crippen molar-refractivity contribution in [2.24, 2.45) is 17.8 Å². The highest BCUT2D eigenvalue weighted by Crippen LogP contribution is 2.37. The molecule has 26 heavy (non-hydrogen) atoms. The topological polar surface area (TPSA) is 122 Å². The van der Waals surface area contributed by atoms with E-state index in [0.717, 1.165) is 17.7 Å². The van der Waals surface area contributed by atoms with Crippen LogP contribution in [0.1, 0.15) is 39.5 Å². The highest BCUT2D eigenvalue weighted by Gasteiger charge is 2.48. The average Bonchev–Trinajstić information content (AvgIpc) is 2.83. The van der Waals surface area contributed by atoms with Crippen LogP contribution in [0.3, 0.4) is 0 Å². The number of likely N-dealkylation sites (tertiary alicyclic amines) is 1. The Morgan fingerprint density at radius 1 is 1.12 bits per heavy atom. The van der Waals surface area contributed by atoms with E-state index in [-0.39, 0.29) is 29.6 Å². The van der Waals surface area contributed by atoms with E-state index in [1.54, 1.807) is 0 Å². The van der Waals surface area contributed by atoms with Gasteiger partial charge in [-0.3, -0.25) is 29.4 Å². The quantitative estimate of drug-likeness (QED) is 0.510. The van der Waals surface area contributed by atoms with Gasteiger partial charge in [0.1, 0.15) is 6.54 Å². The van der Waals surface area contributed by atoms with Crippen LogP contribution in [0.2, 0.25) is 0 Å². The molecule has 2 rings (SSSR count). The number of esters is 1. The standard InChI is InChI=1S/C17H25N3O6/c1-10(2)7-18-17(25)19-13(21)9-26-14(22)8-20-15(23)11-5-3-4-6-12(11)16(20)24/h10-12H,3-9H2,1-2H3,(H2,18,19,21,25)/t11-,12-/m1/s1. The molecule has 1 saturated heterocycles. The van der Waals surface area contributed by atoms with Crippen LogP contribution in [0.5, 0.6) is 0 Å². The van der Waals surface area contributed by atoms with E-state index in [2.05, 4.69) is 5.32 Å². The van der Waals surface area contributed by atoms with Gasteiger partial charge < -0.3 is 10.1 Å². The second kappa shape index (κ2) is 8.77. The number of imide groups is 2. The fourth-order valence-electron chi connectivity index (χ4n) is 3.21. The van der Waals surface area contributed by atoms with Gasteiger partial charge in [-0.1, -0.05) is 26.7 Å². The smallest absolute Gasteiger partial charge is 0.326 e. The van der Waals surface area contributed by atoms with Crippen molar-refractivity contribution in [1.29, 1.82) is 0 Å². The Balaban J connectivity index is 1.75. The fourth-order valence-corrected chi connectivity index (χ4v) is 3.21. The van der Waals surface area contributed by atoms with E-state index >= 15 is 0 Å². The van der Waals surface area contributed by atoms with Crippen LogP contribution in [0.15, 0.2) is 0 Å². The van der Waals surface area contributed by atoms with Gasteiger partial charge in [-0.25, -0.2) is 4.79 Å². The number of ether oxygens (including phenoxy) is 1. The molecule has 0 spiro atoms. The van der Waals surface area contributed by atoms with Crippen LogP contribution in [-0.2, 0) is 23.9 Å². The Labute approximate surface area is 151 Å². The number of hydrogen-bond donors (Lipinski definition) is 2. The normalized spacial score (nSPS) is 22.2. The molecule has 5 amide bonds. The van der Waals surface area contributed by atoms with Crippen molar-refractivity contribution in [3.8, 4) is 0 Å². The second-order valence-electron chi connectivity index (χ2n) is 7.07. The maximum absolute atomic E-state index is 12.3. The summed E-state index contributed by atoms with van der Waals surface area (Å²) in [6, 6.07) is -0.672. The van der Waals surface area contributed by atoms with Gasteiger partial charge in [0.2, 0.25) is 11.8 Å². The largest absolute Gasteiger partial charge is 0.454 e. The molecule has 0 bridgehead atoms. The summed E-state index contributed by atoms with van der Waals surface area (Å²) < 4.78 is 4.77. The van der Waals surface area contributed by atoms with E-state index in [0.29, 0.717) is 19.4 Å². The Morgan fingerprint density at radius 3 is 2.23 bits per heavy atom. The monoisotopic (exact) mass is 367 g/mol. The number of carbonyl (C=O) groups is 5. The molecule has 2 N–H and O–H groups in total. The van der Waals surface area contributed by atoms with Crippen LogP contribution in [-0.4, -0.2) is 54.3 Å². The third kappa shape index (κ3) is 5.03. The summed E-state index contributed by atoms with van der Waals surface area (Å²) in [5.41, 5.74) is 0. The van der Waals surface area contributed by atoms with Gasteiger partial charge in [-0.2, -0.15) is 0 Å². The lowest BCUT2D eigenvalue weighted by atomic mass is 9.81. The molecule has 144 valence electrons. The number of nitrogens with one attached hydrogen (secondary N) is 2. The molecule has 9 heteroatoms. The molecule has 9 nitrogen and oxygen atoms in total. The first-order chi connectivity index (χ1) is 12.3. The maximum Gasteiger partial charge on any atom is 0.326 e. The first kappa shape index (κ1) is 19.9. The van der Waals surface area contributed by atoms with Crippen LogP contribution < -0.4 is 10.6 Å². The summed E-state index contributed by atoms with van der Waals surface area (Å²) in [5.74, 6) is -2.76. The molecule has 1 saturated carbocycles. The minimum Gasteiger partial charge on any atom is -0.454 e. The highest BCUT2D eigenvalue weighted by atomic mass is 16.5. The molecule has 2 aliphatic rings. The van der Waals surface area contributed by atoms with Crippen molar-refractivity contribution in [3.05, 3.63) is 0 Å². The van der Waals surface area contributed by atoms with Crippen LogP contribution in [0.4, 0.5) is 4.79 Å². The lowest BCUT2D eigenvalue weighted by molar-refractivity contribution is -0.154. The van der Waals surface area contributed by atoms with E-state index in [1.807, 2.05) is 19.2 Å². The fraction of sp³-hybridized carbons (Fsp3) is 0.706. The van der Waals surface area contributed by atoms with E-state index in [1.165, 1.54) is 0 Å². The number of fused-ring (bicyclic) bond motifs is 1. The highest BCUT2D eigenvalue weighted by molar-refractivity contribution is 6.07. The van der Waals surface area contributed by atoms with Crippen LogP contribution in [0, 0.1) is 17.8 Å². The van der Waals surface area contributed by atoms with Gasteiger partial charge in [0.05, 0.1) is 11.8 Å². The molecule has 0 radical (unpaired) electrons. The van der Waals surface area contributed by atoms with Crippen molar-refractivity contribution in [2.45, 2.75) is 39.5 Å². The average molecular weight is 367 g/mol. The minimum atomic E-state index is -0.858. The molecule has 0 unspecified atom stereocenters. The number of carbonyl (C=O) groups excluding carboxylic acids is 5. The third-order valence-corrected chi connectivity index (χ3v) is 4.51. The molecule has 1 aliphatic heterocycles. The maximum atomic E-state index is 12.3. The zero-order chi connectivity index (χ0) is 19.3. The Bertz CT molecular complexity index is 579. The van der Waals surface area contributed by atoms with Crippen molar-refractivity contribution in [2.75, 3.05) is 19.7 Å². The molecular weight excluding hydrogens is 342 g/mol. The summed E-state index contributed by atoms with van der Waals surface area (Å²) >= 11 is 0. The SMILES string of the molecule is CC(C)CNC(=O)NC(=O)COC(=O)CN1C(=O)[C@@H]2CCCC[C@H]2C1=O. The lowest BCUT2D eigenvalue weighted by Crippen LogP contribution is -2.43. The summed E-state index contributed by atoms with van der Waals surface area (Å²) in [4.78, 5) is 60.3. The Hall–Kier alpha value is -2.45. The van der Waals surface area contributed by atoms with Gasteiger partial charge in [-0.15, -0.1) is 0 Å². The zero-order valence-electron chi connectivity index (χ0n) is 15.1.